The summed E-state index contributed by atoms with van der Waals surface area (Å²) in [4.78, 5) is 2.38. The molecule has 0 spiro atoms. The van der Waals surface area contributed by atoms with Gasteiger partial charge in [0.25, 0.3) is 0 Å². The molecule has 0 amide bonds. The van der Waals surface area contributed by atoms with Crippen LogP contribution in [0.5, 0.6) is 0 Å². The minimum absolute atomic E-state index is 0.727. The van der Waals surface area contributed by atoms with Crippen LogP contribution in [0.1, 0.15) is 24.7 Å². The third kappa shape index (κ3) is 4.02. The van der Waals surface area contributed by atoms with Crippen LogP contribution in [0.3, 0.4) is 0 Å². The van der Waals surface area contributed by atoms with Gasteiger partial charge >= 0.3 is 0 Å². The van der Waals surface area contributed by atoms with Crippen molar-refractivity contribution < 1.29 is 0 Å². The Kier molecular flexibility index (Phi) is 5.11. The Morgan fingerprint density at radius 2 is 1.61 bits per heavy atom. The molecule has 3 rings (SSSR count). The summed E-state index contributed by atoms with van der Waals surface area (Å²) in [5, 5.41) is 12.2. The van der Waals surface area contributed by atoms with Crippen molar-refractivity contribution in [2.75, 3.05) is 6.54 Å². The number of tetrazole rings is 1. The molecule has 0 unspecified atom stereocenters. The van der Waals surface area contributed by atoms with Crippen LogP contribution in [-0.2, 0) is 13.1 Å². The van der Waals surface area contributed by atoms with E-state index in [2.05, 4.69) is 51.6 Å². The normalized spacial score (nSPS) is 11.0. The van der Waals surface area contributed by atoms with Crippen molar-refractivity contribution in [2.45, 2.75) is 26.4 Å². The SMILES string of the molecule is CCCN(Cc1ccccc1)Cc1nnnn1-c1ccccc1. The largest absolute Gasteiger partial charge is 0.292 e. The number of hydrogen-bond donors (Lipinski definition) is 0. The maximum absolute atomic E-state index is 4.22. The topological polar surface area (TPSA) is 46.8 Å². The Morgan fingerprint density at radius 1 is 0.913 bits per heavy atom. The molecule has 3 aromatic rings. The minimum Gasteiger partial charge on any atom is -0.292 e. The fraction of sp³-hybridized carbons (Fsp3) is 0.278. The van der Waals surface area contributed by atoms with Gasteiger partial charge in [-0.2, -0.15) is 4.68 Å². The molecule has 0 fully saturated rings. The molecule has 0 radical (unpaired) electrons. The van der Waals surface area contributed by atoms with E-state index in [1.807, 2.05) is 41.1 Å². The van der Waals surface area contributed by atoms with Crippen LogP contribution in [-0.4, -0.2) is 31.7 Å². The molecule has 0 saturated carbocycles. The summed E-state index contributed by atoms with van der Waals surface area (Å²) in [5.74, 6) is 0.862. The summed E-state index contributed by atoms with van der Waals surface area (Å²) < 4.78 is 1.81. The number of para-hydroxylation sites is 1. The summed E-state index contributed by atoms with van der Waals surface area (Å²) in [7, 11) is 0. The molecule has 0 aliphatic rings. The van der Waals surface area contributed by atoms with E-state index >= 15 is 0 Å². The van der Waals surface area contributed by atoms with E-state index in [9.17, 15) is 0 Å². The molecule has 0 aliphatic carbocycles. The second-order valence-corrected chi connectivity index (χ2v) is 5.54. The van der Waals surface area contributed by atoms with Crippen LogP contribution in [0.4, 0.5) is 0 Å². The second-order valence-electron chi connectivity index (χ2n) is 5.54. The smallest absolute Gasteiger partial charge is 0.170 e. The van der Waals surface area contributed by atoms with Crippen molar-refractivity contribution in [3.8, 4) is 5.69 Å². The predicted molar refractivity (Wildman–Crippen MR) is 90.0 cm³/mol. The quantitative estimate of drug-likeness (QED) is 0.673. The Morgan fingerprint density at radius 3 is 2.30 bits per heavy atom. The first-order valence-electron chi connectivity index (χ1n) is 7.96. The molecular weight excluding hydrogens is 286 g/mol. The molecular formula is C18H21N5. The van der Waals surface area contributed by atoms with Gasteiger partial charge in [0.1, 0.15) is 0 Å². The lowest BCUT2D eigenvalue weighted by Gasteiger charge is -2.21. The Bertz CT molecular complexity index is 709. The molecule has 118 valence electrons. The average Bonchev–Trinajstić information content (AvgIpc) is 3.05. The zero-order valence-electron chi connectivity index (χ0n) is 13.3. The molecule has 0 N–H and O–H groups in total. The highest BCUT2D eigenvalue weighted by atomic mass is 15.5. The molecule has 0 atom stereocenters. The third-order valence-electron chi connectivity index (χ3n) is 3.69. The molecule has 0 aliphatic heterocycles. The Labute approximate surface area is 136 Å². The zero-order valence-corrected chi connectivity index (χ0v) is 13.3. The van der Waals surface area contributed by atoms with Crippen molar-refractivity contribution in [3.63, 3.8) is 0 Å². The number of rotatable bonds is 7. The molecule has 0 bridgehead atoms. The van der Waals surface area contributed by atoms with Crippen LogP contribution in [0.15, 0.2) is 60.7 Å². The number of aromatic nitrogens is 4. The van der Waals surface area contributed by atoms with E-state index in [1.54, 1.807) is 0 Å². The Balaban J connectivity index is 1.77. The highest BCUT2D eigenvalue weighted by Crippen LogP contribution is 2.12. The molecule has 0 saturated heterocycles. The van der Waals surface area contributed by atoms with Crippen molar-refractivity contribution in [2.24, 2.45) is 0 Å². The van der Waals surface area contributed by atoms with Crippen LogP contribution in [0.2, 0.25) is 0 Å². The molecule has 5 heteroatoms. The predicted octanol–water partition coefficient (Wildman–Crippen LogP) is 3.07. The molecule has 2 aromatic carbocycles. The fourth-order valence-electron chi connectivity index (χ4n) is 2.65. The summed E-state index contributed by atoms with van der Waals surface area (Å²) in [6, 6.07) is 20.5. The van der Waals surface area contributed by atoms with Gasteiger partial charge in [0.05, 0.1) is 12.2 Å². The lowest BCUT2D eigenvalue weighted by molar-refractivity contribution is 0.248. The van der Waals surface area contributed by atoms with E-state index in [0.29, 0.717) is 0 Å². The molecule has 5 nitrogen and oxygen atoms in total. The van der Waals surface area contributed by atoms with Gasteiger partial charge < -0.3 is 0 Å². The summed E-state index contributed by atoms with van der Waals surface area (Å²) in [5.41, 5.74) is 2.29. The van der Waals surface area contributed by atoms with Gasteiger partial charge in [0.15, 0.2) is 5.82 Å². The number of hydrogen-bond acceptors (Lipinski definition) is 4. The van der Waals surface area contributed by atoms with E-state index in [0.717, 1.165) is 37.6 Å². The standard InChI is InChI=1S/C18H21N5/c1-2-13-22(14-16-9-5-3-6-10-16)15-18-19-20-21-23(18)17-11-7-4-8-12-17/h3-12H,2,13-15H2,1H3. The van der Waals surface area contributed by atoms with E-state index in [1.165, 1.54) is 5.56 Å². The monoisotopic (exact) mass is 307 g/mol. The Hall–Kier alpha value is -2.53. The average molecular weight is 307 g/mol. The second kappa shape index (κ2) is 7.65. The zero-order chi connectivity index (χ0) is 15.9. The van der Waals surface area contributed by atoms with Gasteiger partial charge in [0.2, 0.25) is 0 Å². The van der Waals surface area contributed by atoms with Crippen LogP contribution >= 0.6 is 0 Å². The van der Waals surface area contributed by atoms with Crippen molar-refractivity contribution >= 4 is 0 Å². The van der Waals surface area contributed by atoms with E-state index < -0.39 is 0 Å². The third-order valence-corrected chi connectivity index (χ3v) is 3.69. The van der Waals surface area contributed by atoms with Crippen LogP contribution in [0, 0.1) is 0 Å². The fourth-order valence-corrected chi connectivity index (χ4v) is 2.65. The number of nitrogens with zero attached hydrogens (tertiary/aromatic N) is 5. The van der Waals surface area contributed by atoms with Crippen LogP contribution < -0.4 is 0 Å². The van der Waals surface area contributed by atoms with Gasteiger partial charge in [-0.05, 0) is 41.1 Å². The summed E-state index contributed by atoms with van der Waals surface area (Å²) in [6.45, 7) is 4.83. The summed E-state index contributed by atoms with van der Waals surface area (Å²) >= 11 is 0. The maximum Gasteiger partial charge on any atom is 0.170 e. The summed E-state index contributed by atoms with van der Waals surface area (Å²) in [6.07, 6.45) is 1.10. The lowest BCUT2D eigenvalue weighted by Crippen LogP contribution is -2.25. The highest BCUT2D eigenvalue weighted by molar-refractivity contribution is 5.30. The van der Waals surface area contributed by atoms with Gasteiger partial charge in [-0.25, -0.2) is 0 Å². The first-order valence-corrected chi connectivity index (χ1v) is 7.96. The van der Waals surface area contributed by atoms with E-state index in [4.69, 9.17) is 0 Å². The lowest BCUT2D eigenvalue weighted by atomic mass is 10.2. The minimum atomic E-state index is 0.727. The van der Waals surface area contributed by atoms with Gasteiger partial charge in [-0.3, -0.25) is 4.90 Å². The van der Waals surface area contributed by atoms with Gasteiger partial charge in [-0.15, -0.1) is 5.10 Å². The van der Waals surface area contributed by atoms with Crippen LogP contribution in [0.25, 0.3) is 5.69 Å². The van der Waals surface area contributed by atoms with E-state index in [-0.39, 0.29) is 0 Å². The van der Waals surface area contributed by atoms with Crippen molar-refractivity contribution in [1.29, 1.82) is 0 Å². The van der Waals surface area contributed by atoms with Crippen molar-refractivity contribution in [1.82, 2.24) is 25.1 Å². The molecule has 23 heavy (non-hydrogen) atoms. The van der Waals surface area contributed by atoms with Gasteiger partial charge in [-0.1, -0.05) is 55.5 Å². The highest BCUT2D eigenvalue weighted by Gasteiger charge is 2.13. The first-order chi connectivity index (χ1) is 11.4. The molecule has 1 aromatic heterocycles. The molecule has 1 heterocycles. The van der Waals surface area contributed by atoms with Crippen molar-refractivity contribution in [3.05, 3.63) is 72.1 Å². The first kappa shape index (κ1) is 15.4. The number of benzene rings is 2. The maximum atomic E-state index is 4.22. The van der Waals surface area contributed by atoms with Gasteiger partial charge in [0, 0.05) is 6.54 Å².